The molecule has 12 heavy (non-hydrogen) atoms. The van der Waals surface area contributed by atoms with Gasteiger partial charge in [0, 0.05) is 0 Å². The number of hydrogen-bond acceptors (Lipinski definition) is 0. The van der Waals surface area contributed by atoms with Gasteiger partial charge < -0.3 is 0 Å². The highest BCUT2D eigenvalue weighted by molar-refractivity contribution is 14.1. The topological polar surface area (TPSA) is 8.81 Å². The first-order valence-corrected chi connectivity index (χ1v) is 5.39. The van der Waals surface area contributed by atoms with Crippen LogP contribution in [0.3, 0.4) is 0 Å². The number of hydrogen-bond donors (Lipinski definition) is 0. The van der Waals surface area contributed by atoms with Crippen molar-refractivity contribution in [2.75, 3.05) is 0 Å². The van der Waals surface area contributed by atoms with Crippen LogP contribution in [0, 0.1) is 9.75 Å². The fraction of sp³-hybridized carbons (Fsp3) is 0.667. The number of rotatable bonds is 3. The lowest BCUT2D eigenvalue weighted by Gasteiger charge is -2.01. The van der Waals surface area contributed by atoms with E-state index in [-0.39, 0.29) is 0 Å². The molecule has 1 rings (SSSR count). The number of aromatic nitrogens is 2. The second-order valence-electron chi connectivity index (χ2n) is 3.55. The van der Waals surface area contributed by atoms with E-state index in [1.807, 2.05) is 0 Å². The highest BCUT2D eigenvalue weighted by Crippen LogP contribution is 2.05. The van der Waals surface area contributed by atoms with Crippen LogP contribution >= 0.6 is 22.6 Å². The van der Waals surface area contributed by atoms with Crippen LogP contribution in [0.4, 0.5) is 0 Å². The first kappa shape index (κ1) is 10.0. The van der Waals surface area contributed by atoms with Crippen molar-refractivity contribution in [1.82, 2.24) is 4.57 Å². The molecule has 68 valence electrons. The molecular weight excluding hydrogens is 263 g/mol. The highest BCUT2D eigenvalue weighted by atomic mass is 127. The van der Waals surface area contributed by atoms with Gasteiger partial charge in [0.25, 0.3) is 0 Å². The van der Waals surface area contributed by atoms with Crippen LogP contribution in [0.15, 0.2) is 12.4 Å². The molecule has 0 saturated carbocycles. The molecule has 0 atom stereocenters. The molecule has 0 aromatic carbocycles. The SMILES string of the molecule is CC(C)CCn1cc[n+](C)c1I. The van der Waals surface area contributed by atoms with Gasteiger partial charge in [-0.1, -0.05) is 13.8 Å². The summed E-state index contributed by atoms with van der Waals surface area (Å²) in [5.74, 6) is 0.786. The Balaban J connectivity index is 2.58. The van der Waals surface area contributed by atoms with E-state index < -0.39 is 0 Å². The first-order chi connectivity index (χ1) is 5.61. The molecule has 0 fully saturated rings. The van der Waals surface area contributed by atoms with Gasteiger partial charge in [-0.05, 0) is 12.3 Å². The molecule has 2 nitrogen and oxygen atoms in total. The van der Waals surface area contributed by atoms with Crippen molar-refractivity contribution in [3.8, 4) is 0 Å². The predicted octanol–water partition coefficient (Wildman–Crippen LogP) is 1.96. The van der Waals surface area contributed by atoms with Crippen LogP contribution < -0.4 is 4.57 Å². The minimum absolute atomic E-state index is 0.786. The van der Waals surface area contributed by atoms with Crippen molar-refractivity contribution in [3.05, 3.63) is 16.2 Å². The Morgan fingerprint density at radius 2 is 2.25 bits per heavy atom. The molecule has 1 heterocycles. The molecule has 0 amide bonds. The van der Waals surface area contributed by atoms with Gasteiger partial charge in [-0.25, -0.2) is 9.13 Å². The summed E-state index contributed by atoms with van der Waals surface area (Å²) in [7, 11) is 2.08. The quantitative estimate of drug-likeness (QED) is 0.591. The maximum atomic E-state index is 2.37. The second-order valence-corrected chi connectivity index (χ2v) is 4.52. The van der Waals surface area contributed by atoms with Crippen molar-refractivity contribution >= 4 is 22.6 Å². The molecule has 0 unspecified atom stereocenters. The molecule has 0 spiro atoms. The van der Waals surface area contributed by atoms with Gasteiger partial charge in [0.05, 0.1) is 36.2 Å². The smallest absolute Gasteiger partial charge is 0.228 e. The summed E-state index contributed by atoms with van der Waals surface area (Å²) >= 11 is 2.37. The third-order valence-electron chi connectivity index (χ3n) is 1.95. The predicted molar refractivity (Wildman–Crippen MR) is 57.8 cm³/mol. The number of nitrogens with zero attached hydrogens (tertiary/aromatic N) is 2. The summed E-state index contributed by atoms with van der Waals surface area (Å²) in [6, 6.07) is 0. The summed E-state index contributed by atoms with van der Waals surface area (Å²) in [4.78, 5) is 0. The zero-order valence-electron chi connectivity index (χ0n) is 7.92. The van der Waals surface area contributed by atoms with Crippen molar-refractivity contribution in [3.63, 3.8) is 0 Å². The lowest BCUT2D eigenvalue weighted by atomic mass is 10.1. The lowest BCUT2D eigenvalue weighted by Crippen LogP contribution is -2.30. The number of imidazole rings is 1. The van der Waals surface area contributed by atoms with E-state index in [1.165, 1.54) is 10.3 Å². The normalized spacial score (nSPS) is 11.1. The largest absolute Gasteiger partial charge is 0.317 e. The van der Waals surface area contributed by atoms with E-state index in [0.717, 1.165) is 12.5 Å². The third-order valence-corrected chi connectivity index (χ3v) is 3.33. The monoisotopic (exact) mass is 279 g/mol. The van der Waals surface area contributed by atoms with Crippen LogP contribution in [0.5, 0.6) is 0 Å². The Labute approximate surface area is 87.7 Å². The minimum atomic E-state index is 0.786. The van der Waals surface area contributed by atoms with E-state index in [4.69, 9.17) is 0 Å². The minimum Gasteiger partial charge on any atom is -0.228 e. The summed E-state index contributed by atoms with van der Waals surface area (Å²) < 4.78 is 5.73. The zero-order chi connectivity index (χ0) is 9.14. The van der Waals surface area contributed by atoms with Gasteiger partial charge >= 0.3 is 3.83 Å². The first-order valence-electron chi connectivity index (χ1n) is 4.31. The van der Waals surface area contributed by atoms with Crippen LogP contribution in [-0.2, 0) is 13.6 Å². The Kier molecular flexibility index (Phi) is 3.55. The van der Waals surface area contributed by atoms with Gasteiger partial charge in [0.2, 0.25) is 0 Å². The fourth-order valence-electron chi connectivity index (χ4n) is 1.07. The van der Waals surface area contributed by atoms with E-state index in [0.29, 0.717) is 0 Å². The Bertz CT molecular complexity index is 253. The summed E-state index contributed by atoms with van der Waals surface area (Å²) in [6.07, 6.45) is 5.50. The van der Waals surface area contributed by atoms with Crippen molar-refractivity contribution in [2.45, 2.75) is 26.8 Å². The fourth-order valence-corrected chi connectivity index (χ4v) is 1.63. The van der Waals surface area contributed by atoms with Crippen molar-refractivity contribution < 1.29 is 4.57 Å². The Hall–Kier alpha value is -0.0600. The van der Waals surface area contributed by atoms with E-state index in [9.17, 15) is 0 Å². The molecule has 0 aliphatic carbocycles. The molecule has 1 aromatic heterocycles. The number of halogens is 1. The molecule has 0 saturated heterocycles. The van der Waals surface area contributed by atoms with Crippen LogP contribution in [0.1, 0.15) is 20.3 Å². The van der Waals surface area contributed by atoms with Crippen molar-refractivity contribution in [1.29, 1.82) is 0 Å². The molecule has 0 bridgehead atoms. The van der Waals surface area contributed by atoms with Crippen LogP contribution in [0.2, 0.25) is 0 Å². The second kappa shape index (κ2) is 4.25. The van der Waals surface area contributed by atoms with E-state index in [2.05, 4.69) is 65.0 Å². The van der Waals surface area contributed by atoms with E-state index >= 15 is 0 Å². The average molecular weight is 279 g/mol. The Morgan fingerprint density at radius 3 is 2.67 bits per heavy atom. The summed E-state index contributed by atoms with van der Waals surface area (Å²) in [6.45, 7) is 5.66. The molecular formula is C9H16IN2+. The number of aryl methyl sites for hydroxylation is 2. The maximum Gasteiger partial charge on any atom is 0.317 e. The highest BCUT2D eigenvalue weighted by Gasteiger charge is 2.09. The molecule has 3 heteroatoms. The van der Waals surface area contributed by atoms with Gasteiger partial charge in [-0.15, -0.1) is 0 Å². The summed E-state index contributed by atoms with van der Waals surface area (Å²) in [5.41, 5.74) is 0. The molecule has 0 radical (unpaired) electrons. The molecule has 0 aliphatic rings. The third kappa shape index (κ3) is 2.47. The average Bonchev–Trinajstić information content (AvgIpc) is 2.30. The molecule has 1 aromatic rings. The molecule has 0 N–H and O–H groups in total. The maximum absolute atomic E-state index is 2.37. The van der Waals surface area contributed by atoms with E-state index in [1.54, 1.807) is 0 Å². The molecule has 0 aliphatic heterocycles. The van der Waals surface area contributed by atoms with Gasteiger partial charge in [-0.2, -0.15) is 0 Å². The standard InChI is InChI=1S/C9H16IN2/c1-8(2)4-5-12-7-6-11(3)9(12)10/h6-8H,4-5H2,1-3H3/q+1. The van der Waals surface area contributed by atoms with Gasteiger partial charge in [0.15, 0.2) is 0 Å². The van der Waals surface area contributed by atoms with Gasteiger partial charge in [-0.3, -0.25) is 0 Å². The van der Waals surface area contributed by atoms with Gasteiger partial charge in [0.1, 0.15) is 12.4 Å². The Morgan fingerprint density at radius 1 is 1.58 bits per heavy atom. The summed E-state index contributed by atoms with van der Waals surface area (Å²) in [5, 5.41) is 0. The zero-order valence-corrected chi connectivity index (χ0v) is 10.1. The van der Waals surface area contributed by atoms with Crippen LogP contribution in [0.25, 0.3) is 0 Å². The van der Waals surface area contributed by atoms with Crippen molar-refractivity contribution in [2.24, 2.45) is 13.0 Å². The van der Waals surface area contributed by atoms with Crippen LogP contribution in [-0.4, -0.2) is 4.57 Å². The lowest BCUT2D eigenvalue weighted by molar-refractivity contribution is -0.684.